The molecule has 0 unspecified atom stereocenters. The van der Waals surface area contributed by atoms with Gasteiger partial charge in [0.25, 0.3) is 5.91 Å². The molecule has 0 aliphatic carbocycles. The highest BCUT2D eigenvalue weighted by Crippen LogP contribution is 2.22. The average Bonchev–Trinajstić information content (AvgIpc) is 3.07. The molecule has 2 aromatic heterocycles. The summed E-state index contributed by atoms with van der Waals surface area (Å²) in [5, 5.41) is 8.34. The molecule has 7 heteroatoms. The van der Waals surface area contributed by atoms with Gasteiger partial charge in [-0.05, 0) is 30.7 Å². The number of benzene rings is 1. The third kappa shape index (κ3) is 2.67. The second-order valence-corrected chi connectivity index (χ2v) is 6.00. The second-order valence-electron chi connectivity index (χ2n) is 6.00. The highest BCUT2D eigenvalue weighted by Gasteiger charge is 2.28. The van der Waals surface area contributed by atoms with E-state index in [0.717, 1.165) is 11.4 Å². The molecule has 0 saturated heterocycles. The van der Waals surface area contributed by atoms with Crippen LogP contribution in [0.25, 0.3) is 5.82 Å². The Bertz CT molecular complexity index is 938. The number of carbonyl (C=O) groups is 1. The number of nitrogens with zero attached hydrogens (tertiary/aromatic N) is 5. The van der Waals surface area contributed by atoms with E-state index in [0.29, 0.717) is 30.9 Å². The molecular weight excluding hydrogens is 321 g/mol. The fourth-order valence-electron chi connectivity index (χ4n) is 3.03. The molecule has 0 spiro atoms. The average molecular weight is 337 g/mol. The van der Waals surface area contributed by atoms with Gasteiger partial charge < -0.3 is 4.90 Å². The third-order valence-electron chi connectivity index (χ3n) is 4.38. The van der Waals surface area contributed by atoms with E-state index in [2.05, 4.69) is 15.3 Å². The van der Waals surface area contributed by atoms with E-state index < -0.39 is 5.82 Å². The van der Waals surface area contributed by atoms with E-state index in [9.17, 15) is 9.18 Å². The van der Waals surface area contributed by atoms with Gasteiger partial charge >= 0.3 is 0 Å². The van der Waals surface area contributed by atoms with Crippen molar-refractivity contribution in [2.75, 3.05) is 6.54 Å². The molecule has 1 aromatic carbocycles. The van der Waals surface area contributed by atoms with E-state index in [1.165, 1.54) is 6.07 Å². The van der Waals surface area contributed by atoms with Gasteiger partial charge in [0.2, 0.25) is 0 Å². The molecule has 1 aliphatic heterocycles. The zero-order valence-electron chi connectivity index (χ0n) is 13.7. The van der Waals surface area contributed by atoms with E-state index in [1.807, 2.05) is 18.2 Å². The molecule has 0 fully saturated rings. The molecule has 0 bridgehead atoms. The van der Waals surface area contributed by atoms with Crippen LogP contribution in [0.2, 0.25) is 0 Å². The number of amides is 1. The Balaban J connectivity index is 1.61. The second kappa shape index (κ2) is 6.08. The molecular formula is C18H16FN5O. The van der Waals surface area contributed by atoms with Crippen LogP contribution in [-0.2, 0) is 13.0 Å². The maximum atomic E-state index is 14.2. The summed E-state index contributed by atoms with van der Waals surface area (Å²) >= 11 is 0. The van der Waals surface area contributed by atoms with E-state index in [-0.39, 0.29) is 11.5 Å². The van der Waals surface area contributed by atoms with Crippen molar-refractivity contribution in [3.8, 4) is 5.82 Å². The summed E-state index contributed by atoms with van der Waals surface area (Å²) in [6.07, 6.45) is 2.29. The van der Waals surface area contributed by atoms with Crippen LogP contribution in [0, 0.1) is 12.7 Å². The topological polar surface area (TPSA) is 63.9 Å². The summed E-state index contributed by atoms with van der Waals surface area (Å²) in [6, 6.07) is 10.4. The zero-order chi connectivity index (χ0) is 17.4. The normalized spacial score (nSPS) is 13.6. The van der Waals surface area contributed by atoms with Crippen LogP contribution < -0.4 is 0 Å². The predicted molar refractivity (Wildman–Crippen MR) is 88.7 cm³/mol. The smallest absolute Gasteiger partial charge is 0.257 e. The lowest BCUT2D eigenvalue weighted by Gasteiger charge is -2.26. The van der Waals surface area contributed by atoms with Crippen molar-refractivity contribution < 1.29 is 9.18 Å². The van der Waals surface area contributed by atoms with E-state index >= 15 is 0 Å². The maximum absolute atomic E-state index is 14.2. The molecule has 0 radical (unpaired) electrons. The molecule has 1 amide bonds. The van der Waals surface area contributed by atoms with Crippen molar-refractivity contribution in [2.45, 2.75) is 19.9 Å². The van der Waals surface area contributed by atoms with Gasteiger partial charge in [0.1, 0.15) is 11.5 Å². The van der Waals surface area contributed by atoms with Crippen molar-refractivity contribution in [1.82, 2.24) is 24.9 Å². The number of fused-ring (bicyclic) bond motifs is 1. The molecule has 25 heavy (non-hydrogen) atoms. The SMILES string of the molecule is Cc1cccc(C(=O)N2CCc3c(nnn3-c3ccccn3)C2)c1F. The molecule has 0 saturated carbocycles. The highest BCUT2D eigenvalue weighted by atomic mass is 19.1. The number of aryl methyl sites for hydroxylation is 1. The molecule has 1 aliphatic rings. The lowest BCUT2D eigenvalue weighted by molar-refractivity contribution is 0.0726. The molecule has 126 valence electrons. The number of halogens is 1. The van der Waals surface area contributed by atoms with E-state index in [4.69, 9.17) is 0 Å². The first-order chi connectivity index (χ1) is 12.1. The number of carbonyl (C=O) groups excluding carboxylic acids is 1. The van der Waals surface area contributed by atoms with Gasteiger partial charge in [-0.1, -0.05) is 23.4 Å². The molecule has 6 nitrogen and oxygen atoms in total. The monoisotopic (exact) mass is 337 g/mol. The fraction of sp³-hybridized carbons (Fsp3) is 0.222. The summed E-state index contributed by atoms with van der Waals surface area (Å²) in [7, 11) is 0. The van der Waals surface area contributed by atoms with Crippen LogP contribution in [0.3, 0.4) is 0 Å². The van der Waals surface area contributed by atoms with Crippen LogP contribution in [-0.4, -0.2) is 37.3 Å². The van der Waals surface area contributed by atoms with Gasteiger partial charge in [0, 0.05) is 19.2 Å². The molecule has 4 rings (SSSR count). The number of aromatic nitrogens is 4. The molecule has 0 N–H and O–H groups in total. The van der Waals surface area contributed by atoms with Gasteiger partial charge in [-0.3, -0.25) is 4.79 Å². The number of hydrogen-bond acceptors (Lipinski definition) is 4. The van der Waals surface area contributed by atoms with Gasteiger partial charge in [0.15, 0.2) is 5.82 Å². The lowest BCUT2D eigenvalue weighted by atomic mass is 10.1. The fourth-order valence-corrected chi connectivity index (χ4v) is 3.03. The Morgan fingerprint density at radius 3 is 2.88 bits per heavy atom. The quantitative estimate of drug-likeness (QED) is 0.720. The standard InChI is InChI=1S/C18H16FN5O/c1-12-5-4-6-13(17(12)19)18(25)23-10-8-15-14(11-23)21-22-24(15)16-7-2-3-9-20-16/h2-7,9H,8,10-11H2,1H3. The first-order valence-corrected chi connectivity index (χ1v) is 8.04. The van der Waals surface area contributed by atoms with Gasteiger partial charge in [0.05, 0.1) is 17.8 Å². The summed E-state index contributed by atoms with van der Waals surface area (Å²) in [4.78, 5) is 18.6. The lowest BCUT2D eigenvalue weighted by Crippen LogP contribution is -2.37. The zero-order valence-corrected chi connectivity index (χ0v) is 13.7. The van der Waals surface area contributed by atoms with Gasteiger partial charge in [-0.2, -0.15) is 4.68 Å². The molecule has 3 aromatic rings. The van der Waals surface area contributed by atoms with Crippen LogP contribution >= 0.6 is 0 Å². The first kappa shape index (κ1) is 15.4. The summed E-state index contributed by atoms with van der Waals surface area (Å²) in [5.41, 5.74) is 2.22. The summed E-state index contributed by atoms with van der Waals surface area (Å²) < 4.78 is 15.9. The summed E-state index contributed by atoms with van der Waals surface area (Å²) in [5.74, 6) is -0.0876. The molecule has 3 heterocycles. The third-order valence-corrected chi connectivity index (χ3v) is 4.38. The Labute approximate surface area is 143 Å². The van der Waals surface area contributed by atoms with Crippen LogP contribution in [0.15, 0.2) is 42.6 Å². The van der Waals surface area contributed by atoms with Crippen molar-refractivity contribution in [2.24, 2.45) is 0 Å². The Hall–Kier alpha value is -3.09. The predicted octanol–water partition coefficient (Wildman–Crippen LogP) is 2.31. The minimum atomic E-state index is -0.463. The van der Waals surface area contributed by atoms with Crippen LogP contribution in [0.5, 0.6) is 0 Å². The number of hydrogen-bond donors (Lipinski definition) is 0. The number of pyridine rings is 1. The highest BCUT2D eigenvalue weighted by molar-refractivity contribution is 5.94. The largest absolute Gasteiger partial charge is 0.332 e. The Kier molecular flexibility index (Phi) is 3.76. The Morgan fingerprint density at radius 1 is 1.20 bits per heavy atom. The van der Waals surface area contributed by atoms with Crippen LogP contribution in [0.4, 0.5) is 4.39 Å². The minimum absolute atomic E-state index is 0.0977. The van der Waals surface area contributed by atoms with Crippen molar-refractivity contribution in [3.05, 3.63) is 70.9 Å². The van der Waals surface area contributed by atoms with Gasteiger partial charge in [-0.15, -0.1) is 5.10 Å². The Morgan fingerprint density at radius 2 is 2.08 bits per heavy atom. The van der Waals surface area contributed by atoms with Crippen molar-refractivity contribution in [1.29, 1.82) is 0 Å². The van der Waals surface area contributed by atoms with E-state index in [1.54, 1.807) is 34.8 Å². The molecule has 0 atom stereocenters. The number of rotatable bonds is 2. The van der Waals surface area contributed by atoms with Crippen LogP contribution in [0.1, 0.15) is 27.3 Å². The minimum Gasteiger partial charge on any atom is -0.332 e. The summed E-state index contributed by atoms with van der Waals surface area (Å²) in [6.45, 7) is 2.45. The van der Waals surface area contributed by atoms with Crippen molar-refractivity contribution in [3.63, 3.8) is 0 Å². The first-order valence-electron chi connectivity index (χ1n) is 8.04. The van der Waals surface area contributed by atoms with Gasteiger partial charge in [-0.25, -0.2) is 9.37 Å². The van der Waals surface area contributed by atoms with Crippen molar-refractivity contribution >= 4 is 5.91 Å². The maximum Gasteiger partial charge on any atom is 0.257 e.